The van der Waals surface area contributed by atoms with Crippen LogP contribution in [0.3, 0.4) is 0 Å². The third-order valence-electron chi connectivity index (χ3n) is 4.01. The summed E-state index contributed by atoms with van der Waals surface area (Å²) in [7, 11) is 0. The molecule has 1 atom stereocenters. The zero-order valence-electron chi connectivity index (χ0n) is 12.4. The number of rotatable bonds is 2. The molecule has 0 amide bonds. The Bertz CT molecular complexity index is 939. The molecule has 0 aliphatic carbocycles. The maximum absolute atomic E-state index is 16.3. The molecule has 2 N–H and O–H groups in total. The molecule has 0 radical (unpaired) electrons. The zero-order valence-corrected chi connectivity index (χ0v) is 12.4. The van der Waals surface area contributed by atoms with Gasteiger partial charge in [0, 0.05) is 29.1 Å². The number of fused-ring (bicyclic) bond motifs is 1. The van der Waals surface area contributed by atoms with Gasteiger partial charge in [-0.05, 0) is 36.4 Å². The van der Waals surface area contributed by atoms with E-state index in [4.69, 9.17) is 5.73 Å². The molecule has 118 valence electrons. The molecule has 24 heavy (non-hydrogen) atoms. The van der Waals surface area contributed by atoms with E-state index in [-0.39, 0.29) is 17.3 Å². The number of nitrogen functional groups attached to an aromatic ring is 1. The van der Waals surface area contributed by atoms with Gasteiger partial charge in [-0.15, -0.1) is 0 Å². The molecule has 0 saturated carbocycles. The first-order chi connectivity index (χ1) is 11.6. The minimum absolute atomic E-state index is 0.154. The third kappa shape index (κ3) is 2.07. The van der Waals surface area contributed by atoms with Crippen LogP contribution in [-0.2, 0) is 5.67 Å². The minimum Gasteiger partial charge on any atom is -0.384 e. The number of aromatic nitrogens is 2. The summed E-state index contributed by atoms with van der Waals surface area (Å²) in [6, 6.07) is 11.8. The van der Waals surface area contributed by atoms with Gasteiger partial charge in [0.25, 0.3) is 0 Å². The average molecular weight is 322 g/mol. The number of alkyl halides is 1. The van der Waals surface area contributed by atoms with Crippen molar-refractivity contribution >= 4 is 17.3 Å². The molecule has 3 heterocycles. The van der Waals surface area contributed by atoms with Crippen LogP contribution in [-0.4, -0.2) is 15.7 Å². The van der Waals surface area contributed by atoms with Gasteiger partial charge < -0.3 is 5.73 Å². The molecular weight excluding hydrogens is 310 g/mol. The second-order valence-corrected chi connectivity index (χ2v) is 5.47. The Morgan fingerprint density at radius 3 is 2.33 bits per heavy atom. The number of benzene rings is 1. The van der Waals surface area contributed by atoms with Crippen LogP contribution in [0.4, 0.5) is 20.4 Å². The third-order valence-corrected chi connectivity index (χ3v) is 4.01. The molecule has 4 nitrogen and oxygen atoms in total. The summed E-state index contributed by atoms with van der Waals surface area (Å²) in [6.07, 6.45) is 3.03. The number of nitrogens with two attached hydrogens (primary N) is 1. The van der Waals surface area contributed by atoms with Crippen molar-refractivity contribution in [3.8, 4) is 0 Å². The number of aliphatic imine (C=N–C) groups is 1. The first-order valence-corrected chi connectivity index (χ1v) is 7.30. The van der Waals surface area contributed by atoms with E-state index in [2.05, 4.69) is 15.0 Å². The summed E-state index contributed by atoms with van der Waals surface area (Å²) in [5.41, 5.74) is 5.02. The van der Waals surface area contributed by atoms with Crippen LogP contribution in [0.2, 0.25) is 0 Å². The summed E-state index contributed by atoms with van der Waals surface area (Å²) >= 11 is 0. The van der Waals surface area contributed by atoms with E-state index in [1.165, 1.54) is 42.7 Å². The summed E-state index contributed by atoms with van der Waals surface area (Å²) in [5, 5.41) is 0. The predicted molar refractivity (Wildman–Crippen MR) is 87.4 cm³/mol. The van der Waals surface area contributed by atoms with E-state index in [1.54, 1.807) is 18.2 Å². The lowest BCUT2D eigenvalue weighted by atomic mass is 9.83. The normalized spacial score (nSPS) is 19.0. The van der Waals surface area contributed by atoms with Crippen LogP contribution in [0.5, 0.6) is 0 Å². The van der Waals surface area contributed by atoms with E-state index >= 15 is 4.39 Å². The van der Waals surface area contributed by atoms with Crippen LogP contribution < -0.4 is 5.73 Å². The highest BCUT2D eigenvalue weighted by atomic mass is 19.1. The van der Waals surface area contributed by atoms with Crippen LogP contribution in [0, 0.1) is 5.82 Å². The van der Waals surface area contributed by atoms with Gasteiger partial charge >= 0.3 is 0 Å². The van der Waals surface area contributed by atoms with Crippen molar-refractivity contribution in [2.24, 2.45) is 4.99 Å². The maximum Gasteiger partial charge on any atom is 0.207 e. The zero-order chi connectivity index (χ0) is 16.7. The van der Waals surface area contributed by atoms with Crippen molar-refractivity contribution < 1.29 is 8.78 Å². The Hall–Kier alpha value is -3.15. The van der Waals surface area contributed by atoms with Gasteiger partial charge in [-0.25, -0.2) is 18.8 Å². The van der Waals surface area contributed by atoms with Gasteiger partial charge in [0.15, 0.2) is 5.82 Å². The number of hydrogen-bond donors (Lipinski definition) is 1. The molecule has 2 aromatic heterocycles. The summed E-state index contributed by atoms with van der Waals surface area (Å²) in [5.74, 6) is 0.0918. The van der Waals surface area contributed by atoms with Crippen molar-refractivity contribution in [1.82, 2.24) is 9.97 Å². The van der Waals surface area contributed by atoms with Crippen LogP contribution in [0.15, 0.2) is 65.9 Å². The molecule has 1 aromatic carbocycles. The second-order valence-electron chi connectivity index (χ2n) is 5.47. The van der Waals surface area contributed by atoms with Crippen LogP contribution >= 0.6 is 0 Å². The highest BCUT2D eigenvalue weighted by Crippen LogP contribution is 2.47. The van der Waals surface area contributed by atoms with E-state index in [9.17, 15) is 4.39 Å². The van der Waals surface area contributed by atoms with E-state index in [1.807, 2.05) is 0 Å². The Balaban J connectivity index is 1.97. The fourth-order valence-corrected chi connectivity index (χ4v) is 2.87. The first kappa shape index (κ1) is 14.4. The SMILES string of the molecule is Nc1ccc2c(n1)N=C(c1ccc(F)cc1)C2(F)c1ccncc1. The summed E-state index contributed by atoms with van der Waals surface area (Å²) in [4.78, 5) is 12.4. The van der Waals surface area contributed by atoms with Crippen molar-refractivity contribution in [3.63, 3.8) is 0 Å². The highest BCUT2D eigenvalue weighted by molar-refractivity contribution is 6.13. The van der Waals surface area contributed by atoms with Crippen molar-refractivity contribution in [2.45, 2.75) is 5.67 Å². The number of nitrogens with zero attached hydrogens (tertiary/aromatic N) is 3. The quantitative estimate of drug-likeness (QED) is 0.785. The molecule has 1 aliphatic heterocycles. The fourth-order valence-electron chi connectivity index (χ4n) is 2.87. The van der Waals surface area contributed by atoms with Gasteiger partial charge in [-0.3, -0.25) is 4.98 Å². The fraction of sp³-hybridized carbons (Fsp3) is 0.0556. The molecule has 0 fully saturated rings. The number of anilines is 1. The van der Waals surface area contributed by atoms with Gasteiger partial charge in [0.05, 0.1) is 5.71 Å². The molecular formula is C18H12F2N4. The highest BCUT2D eigenvalue weighted by Gasteiger charge is 2.47. The largest absolute Gasteiger partial charge is 0.384 e. The smallest absolute Gasteiger partial charge is 0.207 e. The Morgan fingerprint density at radius 2 is 1.62 bits per heavy atom. The minimum atomic E-state index is -2.00. The number of halogens is 2. The van der Waals surface area contributed by atoms with Gasteiger partial charge in [-0.2, -0.15) is 0 Å². The van der Waals surface area contributed by atoms with Gasteiger partial charge in [0.1, 0.15) is 11.6 Å². The predicted octanol–water partition coefficient (Wildman–Crippen LogP) is 3.55. The molecule has 0 bridgehead atoms. The molecule has 3 aromatic rings. The van der Waals surface area contributed by atoms with Crippen molar-refractivity contribution in [3.05, 3.63) is 83.4 Å². The Morgan fingerprint density at radius 1 is 0.917 bits per heavy atom. The Kier molecular flexibility index (Phi) is 3.13. The van der Waals surface area contributed by atoms with E-state index < -0.39 is 11.5 Å². The molecule has 0 spiro atoms. The number of pyridine rings is 2. The molecule has 1 aliphatic rings. The van der Waals surface area contributed by atoms with Crippen molar-refractivity contribution in [1.29, 1.82) is 0 Å². The summed E-state index contributed by atoms with van der Waals surface area (Å²) in [6.45, 7) is 0. The molecule has 4 rings (SSSR count). The van der Waals surface area contributed by atoms with Crippen molar-refractivity contribution in [2.75, 3.05) is 5.73 Å². The van der Waals surface area contributed by atoms with Crippen LogP contribution in [0.1, 0.15) is 16.7 Å². The lowest BCUT2D eigenvalue weighted by Crippen LogP contribution is -2.30. The lowest BCUT2D eigenvalue weighted by Gasteiger charge is -2.23. The first-order valence-electron chi connectivity index (χ1n) is 7.30. The average Bonchev–Trinajstić information content (AvgIpc) is 2.90. The number of hydrogen-bond acceptors (Lipinski definition) is 4. The standard InChI is InChI=1S/C18H12F2N4/c19-13-3-1-11(2-4-13)16-18(20,12-7-9-22-10-8-12)14-5-6-15(21)23-17(14)24-16/h1-10H,(H2,21,23). The topological polar surface area (TPSA) is 64.2 Å². The Labute approximate surface area is 136 Å². The van der Waals surface area contributed by atoms with Gasteiger partial charge in [0.2, 0.25) is 5.67 Å². The molecule has 1 unspecified atom stereocenters. The molecule has 6 heteroatoms. The van der Waals surface area contributed by atoms with E-state index in [0.29, 0.717) is 16.7 Å². The monoisotopic (exact) mass is 322 g/mol. The summed E-state index contributed by atoms with van der Waals surface area (Å²) < 4.78 is 29.5. The van der Waals surface area contributed by atoms with Gasteiger partial charge in [-0.1, -0.05) is 12.1 Å². The second kappa shape index (κ2) is 5.19. The molecule has 0 saturated heterocycles. The van der Waals surface area contributed by atoms with E-state index in [0.717, 1.165) is 0 Å². The maximum atomic E-state index is 16.3. The lowest BCUT2D eigenvalue weighted by molar-refractivity contribution is 0.327. The van der Waals surface area contributed by atoms with Crippen LogP contribution in [0.25, 0.3) is 0 Å².